The van der Waals surface area contributed by atoms with E-state index in [9.17, 15) is 18.5 Å². The molecule has 1 atom stereocenters. The van der Waals surface area contributed by atoms with Crippen LogP contribution in [0, 0.1) is 10.1 Å². The van der Waals surface area contributed by atoms with Crippen molar-refractivity contribution in [3.05, 3.63) is 34.4 Å². The molecule has 1 unspecified atom stereocenters. The average Bonchev–Trinajstić information content (AvgIpc) is 2.96. The molecular weight excluding hydrogens is 336 g/mol. The van der Waals surface area contributed by atoms with E-state index in [4.69, 9.17) is 9.47 Å². The highest BCUT2D eigenvalue weighted by Gasteiger charge is 2.42. The maximum absolute atomic E-state index is 12.3. The molecule has 1 aromatic carbocycles. The van der Waals surface area contributed by atoms with Crippen LogP contribution in [0.5, 0.6) is 0 Å². The van der Waals surface area contributed by atoms with E-state index in [1.54, 1.807) is 0 Å². The summed E-state index contributed by atoms with van der Waals surface area (Å²) in [5, 5.41) is 10.6. The van der Waals surface area contributed by atoms with Crippen LogP contribution < -0.4 is 4.72 Å². The van der Waals surface area contributed by atoms with Crippen molar-refractivity contribution in [2.75, 3.05) is 13.2 Å². The molecule has 1 saturated carbocycles. The van der Waals surface area contributed by atoms with Gasteiger partial charge < -0.3 is 9.47 Å². The molecule has 0 aromatic heterocycles. The van der Waals surface area contributed by atoms with Gasteiger partial charge in [-0.3, -0.25) is 10.1 Å². The highest BCUT2D eigenvalue weighted by Crippen LogP contribution is 2.37. The third-order valence-corrected chi connectivity index (χ3v) is 5.83. The summed E-state index contributed by atoms with van der Waals surface area (Å²) in [5.41, 5.74) is -0.152. The van der Waals surface area contributed by atoms with E-state index in [0.29, 0.717) is 6.61 Å². The van der Waals surface area contributed by atoms with Gasteiger partial charge in [-0.05, 0) is 25.0 Å². The van der Waals surface area contributed by atoms with Crippen LogP contribution in [0.3, 0.4) is 0 Å². The molecule has 1 N–H and O–H groups in total. The molecule has 0 radical (unpaired) electrons. The van der Waals surface area contributed by atoms with Gasteiger partial charge in [0, 0.05) is 31.5 Å². The quantitative estimate of drug-likeness (QED) is 0.638. The van der Waals surface area contributed by atoms with Gasteiger partial charge in [0.1, 0.15) is 0 Å². The number of non-ortho nitro benzene ring substituents is 1. The summed E-state index contributed by atoms with van der Waals surface area (Å²) < 4.78 is 38.7. The molecule has 1 aliphatic carbocycles. The number of nitrogens with one attached hydrogen (secondary N) is 1. The van der Waals surface area contributed by atoms with Crippen molar-refractivity contribution in [3.8, 4) is 0 Å². The Labute approximate surface area is 140 Å². The maximum atomic E-state index is 12.3. The summed E-state index contributed by atoms with van der Waals surface area (Å²) in [4.78, 5) is 10.0. The van der Waals surface area contributed by atoms with Gasteiger partial charge in [-0.1, -0.05) is 6.42 Å². The highest BCUT2D eigenvalue weighted by atomic mass is 32.2. The molecular formula is C15H20N2O6S. The topological polar surface area (TPSA) is 108 Å². The Morgan fingerprint density at radius 1 is 1.21 bits per heavy atom. The van der Waals surface area contributed by atoms with Gasteiger partial charge in [0.15, 0.2) is 5.79 Å². The minimum absolute atomic E-state index is 0.0144. The maximum Gasteiger partial charge on any atom is 0.269 e. The summed E-state index contributed by atoms with van der Waals surface area (Å²) in [7, 11) is -3.74. The third-order valence-electron chi connectivity index (χ3n) is 4.39. The molecule has 2 aliphatic rings. The summed E-state index contributed by atoms with van der Waals surface area (Å²) in [6.45, 7) is 0.476. The monoisotopic (exact) mass is 356 g/mol. The summed E-state index contributed by atoms with van der Waals surface area (Å²) in [5.74, 6) is -0.540. The molecule has 2 fully saturated rings. The van der Waals surface area contributed by atoms with Gasteiger partial charge in [-0.25, -0.2) is 13.1 Å². The number of nitro benzene ring substituents is 1. The number of ether oxygens (including phenoxy) is 2. The number of nitrogens with zero attached hydrogens (tertiary/aromatic N) is 1. The van der Waals surface area contributed by atoms with Gasteiger partial charge in [-0.15, -0.1) is 0 Å². The first-order valence-electron chi connectivity index (χ1n) is 7.96. The SMILES string of the molecule is O=[N+]([O-])c1ccc(S(=O)(=O)NCC2COC3(CCCCC3)O2)cc1. The average molecular weight is 356 g/mol. The van der Waals surface area contributed by atoms with E-state index in [2.05, 4.69) is 4.72 Å². The number of rotatable bonds is 5. The molecule has 1 aromatic rings. The Kier molecular flexibility index (Phi) is 4.86. The second-order valence-electron chi connectivity index (χ2n) is 6.13. The minimum Gasteiger partial charge on any atom is -0.347 e. The van der Waals surface area contributed by atoms with Gasteiger partial charge in [0.2, 0.25) is 10.0 Å². The second kappa shape index (κ2) is 6.75. The molecule has 132 valence electrons. The molecule has 24 heavy (non-hydrogen) atoms. The van der Waals surface area contributed by atoms with Gasteiger partial charge in [0.05, 0.1) is 22.5 Å². The number of hydrogen-bond acceptors (Lipinski definition) is 6. The molecule has 8 nitrogen and oxygen atoms in total. The van der Waals surface area contributed by atoms with E-state index in [0.717, 1.165) is 25.7 Å². The molecule has 0 amide bonds. The summed E-state index contributed by atoms with van der Waals surface area (Å²) in [6, 6.07) is 4.77. The summed E-state index contributed by atoms with van der Waals surface area (Å²) >= 11 is 0. The molecule has 1 aliphatic heterocycles. The molecule has 1 saturated heterocycles. The summed E-state index contributed by atoms with van der Waals surface area (Å²) in [6.07, 6.45) is 4.65. The fourth-order valence-electron chi connectivity index (χ4n) is 3.10. The van der Waals surface area contributed by atoms with Gasteiger partial charge in [-0.2, -0.15) is 0 Å². The Morgan fingerprint density at radius 3 is 2.50 bits per heavy atom. The molecule has 0 bridgehead atoms. The first kappa shape index (κ1) is 17.3. The van der Waals surface area contributed by atoms with Gasteiger partial charge >= 0.3 is 0 Å². The van der Waals surface area contributed by atoms with Crippen LogP contribution >= 0.6 is 0 Å². The van der Waals surface area contributed by atoms with Crippen LogP contribution in [-0.2, 0) is 19.5 Å². The Balaban J connectivity index is 1.58. The lowest BCUT2D eigenvalue weighted by Crippen LogP contribution is -2.37. The zero-order valence-electron chi connectivity index (χ0n) is 13.1. The van der Waals surface area contributed by atoms with Crippen molar-refractivity contribution >= 4 is 15.7 Å². The number of nitro groups is 1. The van der Waals surface area contributed by atoms with Crippen molar-refractivity contribution in [3.63, 3.8) is 0 Å². The van der Waals surface area contributed by atoms with E-state index < -0.39 is 20.7 Å². The van der Waals surface area contributed by atoms with Crippen LogP contribution in [0.1, 0.15) is 32.1 Å². The van der Waals surface area contributed by atoms with Crippen molar-refractivity contribution in [2.24, 2.45) is 0 Å². The van der Waals surface area contributed by atoms with Crippen molar-refractivity contribution < 1.29 is 22.8 Å². The van der Waals surface area contributed by atoms with Crippen LogP contribution in [-0.4, -0.2) is 38.4 Å². The normalized spacial score (nSPS) is 23.4. The minimum atomic E-state index is -3.74. The Morgan fingerprint density at radius 2 is 1.88 bits per heavy atom. The number of sulfonamides is 1. The van der Waals surface area contributed by atoms with E-state index in [1.165, 1.54) is 30.7 Å². The first-order valence-corrected chi connectivity index (χ1v) is 9.44. The standard InChI is InChI=1S/C15H20N2O6S/c18-17(19)12-4-6-14(7-5-12)24(20,21)16-10-13-11-22-15(23-13)8-2-1-3-9-15/h4-7,13,16H,1-3,8-11H2. The predicted octanol–water partition coefficient (Wildman–Crippen LogP) is 1.95. The Hall–Kier alpha value is -1.55. The van der Waals surface area contributed by atoms with E-state index in [1.807, 2.05) is 0 Å². The third kappa shape index (κ3) is 3.75. The van der Waals surface area contributed by atoms with E-state index >= 15 is 0 Å². The van der Waals surface area contributed by atoms with E-state index in [-0.39, 0.29) is 23.2 Å². The zero-order valence-corrected chi connectivity index (χ0v) is 14.0. The largest absolute Gasteiger partial charge is 0.347 e. The van der Waals surface area contributed by atoms with Crippen LogP contribution in [0.25, 0.3) is 0 Å². The lowest BCUT2D eigenvalue weighted by molar-refractivity contribution is -0.384. The van der Waals surface area contributed by atoms with Crippen molar-refractivity contribution in [1.82, 2.24) is 4.72 Å². The molecule has 1 spiro atoms. The first-order chi connectivity index (χ1) is 11.4. The smallest absolute Gasteiger partial charge is 0.269 e. The Bertz CT molecular complexity index is 697. The lowest BCUT2D eigenvalue weighted by Gasteiger charge is -2.31. The number of hydrogen-bond donors (Lipinski definition) is 1. The molecule has 9 heteroatoms. The fraction of sp³-hybridized carbons (Fsp3) is 0.600. The van der Waals surface area contributed by atoms with Crippen molar-refractivity contribution in [2.45, 2.75) is 48.9 Å². The van der Waals surface area contributed by atoms with Crippen LogP contribution in [0.15, 0.2) is 29.2 Å². The van der Waals surface area contributed by atoms with Gasteiger partial charge in [0.25, 0.3) is 5.69 Å². The molecule has 3 rings (SSSR count). The van der Waals surface area contributed by atoms with Crippen molar-refractivity contribution in [1.29, 1.82) is 0 Å². The fourth-order valence-corrected chi connectivity index (χ4v) is 4.17. The zero-order chi connectivity index (χ0) is 17.2. The van der Waals surface area contributed by atoms with Crippen LogP contribution in [0.2, 0.25) is 0 Å². The second-order valence-corrected chi connectivity index (χ2v) is 7.89. The highest BCUT2D eigenvalue weighted by molar-refractivity contribution is 7.89. The lowest BCUT2D eigenvalue weighted by atomic mass is 9.94. The number of benzene rings is 1. The predicted molar refractivity (Wildman–Crippen MR) is 84.9 cm³/mol. The molecule has 1 heterocycles. The van der Waals surface area contributed by atoms with Crippen LogP contribution in [0.4, 0.5) is 5.69 Å².